The third-order valence-electron chi connectivity index (χ3n) is 4.15. The van der Waals surface area contributed by atoms with Crippen LogP contribution in [0.3, 0.4) is 0 Å². The molecule has 2 N–H and O–H groups in total. The standard InChI is InChI=1S/C17H17ClFNO2S/c18-13-3-1-4-14(19)12(13)9-16(21)20-10-17(22,11-6-7-11)15-5-2-8-23-15/h1-5,8,11,22H,6-7,9-10H2,(H,20,21). The molecule has 3 nitrogen and oxygen atoms in total. The molecule has 0 aliphatic heterocycles. The van der Waals surface area contributed by atoms with Gasteiger partial charge in [0.05, 0.1) is 13.0 Å². The molecule has 1 atom stereocenters. The van der Waals surface area contributed by atoms with Gasteiger partial charge in [0.2, 0.25) is 5.91 Å². The molecule has 1 heterocycles. The lowest BCUT2D eigenvalue weighted by atomic mass is 9.95. The number of thiophene rings is 1. The van der Waals surface area contributed by atoms with Gasteiger partial charge < -0.3 is 10.4 Å². The molecule has 1 saturated carbocycles. The van der Waals surface area contributed by atoms with Gasteiger partial charge in [0, 0.05) is 15.5 Å². The fourth-order valence-corrected chi connectivity index (χ4v) is 3.81. The van der Waals surface area contributed by atoms with Crippen LogP contribution in [0.15, 0.2) is 35.7 Å². The lowest BCUT2D eigenvalue weighted by Gasteiger charge is -2.27. The second kappa shape index (κ2) is 6.59. The quantitative estimate of drug-likeness (QED) is 0.835. The number of hydrogen-bond acceptors (Lipinski definition) is 3. The number of rotatable bonds is 6. The van der Waals surface area contributed by atoms with Gasteiger partial charge in [0.1, 0.15) is 11.4 Å². The minimum Gasteiger partial charge on any atom is -0.382 e. The van der Waals surface area contributed by atoms with Gasteiger partial charge in [-0.3, -0.25) is 4.79 Å². The van der Waals surface area contributed by atoms with Crippen LogP contribution in [0, 0.1) is 11.7 Å². The van der Waals surface area contributed by atoms with E-state index in [1.807, 2.05) is 17.5 Å². The van der Waals surface area contributed by atoms with Gasteiger partial charge in [0.15, 0.2) is 0 Å². The van der Waals surface area contributed by atoms with Crippen LogP contribution in [0.1, 0.15) is 23.3 Å². The Labute approximate surface area is 143 Å². The van der Waals surface area contributed by atoms with E-state index < -0.39 is 11.4 Å². The molecule has 1 aliphatic carbocycles. The van der Waals surface area contributed by atoms with Crippen molar-refractivity contribution in [1.29, 1.82) is 0 Å². The predicted octanol–water partition coefficient (Wildman–Crippen LogP) is 3.50. The second-order valence-electron chi connectivity index (χ2n) is 5.83. The summed E-state index contributed by atoms with van der Waals surface area (Å²) in [5.41, 5.74) is -0.860. The van der Waals surface area contributed by atoms with Crippen molar-refractivity contribution in [2.75, 3.05) is 6.54 Å². The molecule has 2 aromatic rings. The zero-order valence-corrected chi connectivity index (χ0v) is 14.0. The Morgan fingerprint density at radius 2 is 2.17 bits per heavy atom. The molecule has 1 unspecified atom stereocenters. The lowest BCUT2D eigenvalue weighted by Crippen LogP contribution is -2.42. The van der Waals surface area contributed by atoms with Gasteiger partial charge >= 0.3 is 0 Å². The zero-order chi connectivity index (χ0) is 16.4. The number of carbonyl (C=O) groups is 1. The van der Waals surface area contributed by atoms with Crippen molar-refractivity contribution >= 4 is 28.8 Å². The maximum atomic E-state index is 13.7. The molecule has 0 radical (unpaired) electrons. The molecule has 1 amide bonds. The van der Waals surface area contributed by atoms with Gasteiger partial charge in [-0.25, -0.2) is 4.39 Å². The second-order valence-corrected chi connectivity index (χ2v) is 7.18. The van der Waals surface area contributed by atoms with Crippen molar-refractivity contribution in [3.05, 3.63) is 57.0 Å². The number of halogens is 2. The summed E-state index contributed by atoms with van der Waals surface area (Å²) in [4.78, 5) is 13.0. The monoisotopic (exact) mass is 353 g/mol. The molecule has 0 spiro atoms. The van der Waals surface area contributed by atoms with Crippen molar-refractivity contribution in [3.63, 3.8) is 0 Å². The first-order valence-corrected chi connectivity index (χ1v) is 8.72. The highest BCUT2D eigenvalue weighted by atomic mass is 35.5. The van der Waals surface area contributed by atoms with Crippen LogP contribution in [-0.4, -0.2) is 17.6 Å². The highest BCUT2D eigenvalue weighted by Crippen LogP contribution is 2.46. The molecule has 23 heavy (non-hydrogen) atoms. The predicted molar refractivity (Wildman–Crippen MR) is 89.1 cm³/mol. The number of aliphatic hydroxyl groups is 1. The fraction of sp³-hybridized carbons (Fsp3) is 0.353. The molecule has 0 saturated heterocycles. The Balaban J connectivity index is 1.66. The van der Waals surface area contributed by atoms with Crippen molar-refractivity contribution in [3.8, 4) is 0 Å². The van der Waals surface area contributed by atoms with Crippen LogP contribution in [0.5, 0.6) is 0 Å². The summed E-state index contributed by atoms with van der Waals surface area (Å²) in [6.45, 7) is 0.128. The number of benzene rings is 1. The largest absolute Gasteiger partial charge is 0.382 e. The topological polar surface area (TPSA) is 49.3 Å². The van der Waals surface area contributed by atoms with Crippen LogP contribution in [0.2, 0.25) is 5.02 Å². The first-order chi connectivity index (χ1) is 11.0. The average Bonchev–Trinajstić information content (AvgIpc) is 3.24. The first-order valence-electron chi connectivity index (χ1n) is 7.46. The SMILES string of the molecule is O=C(Cc1c(F)cccc1Cl)NCC(O)(c1cccs1)C1CC1. The normalized spacial score (nSPS) is 16.8. The maximum absolute atomic E-state index is 13.7. The molecule has 3 rings (SSSR count). The third kappa shape index (κ3) is 3.57. The number of hydrogen-bond donors (Lipinski definition) is 2. The summed E-state index contributed by atoms with van der Waals surface area (Å²) >= 11 is 7.41. The van der Waals surface area contributed by atoms with Crippen LogP contribution in [-0.2, 0) is 16.8 Å². The molecule has 0 bridgehead atoms. The minimum absolute atomic E-state index is 0.128. The minimum atomic E-state index is -1.04. The molecule has 1 fully saturated rings. The number of carbonyl (C=O) groups excluding carboxylic acids is 1. The Morgan fingerprint density at radius 1 is 1.39 bits per heavy atom. The molecule has 6 heteroatoms. The van der Waals surface area contributed by atoms with Gasteiger partial charge in [0.25, 0.3) is 0 Å². The van der Waals surface area contributed by atoms with E-state index in [4.69, 9.17) is 11.6 Å². The van der Waals surface area contributed by atoms with E-state index in [0.717, 1.165) is 17.7 Å². The Kier molecular flexibility index (Phi) is 4.71. The van der Waals surface area contributed by atoms with Gasteiger partial charge in [-0.05, 0) is 42.3 Å². The van der Waals surface area contributed by atoms with E-state index in [2.05, 4.69) is 5.32 Å². The molecular formula is C17H17ClFNO2S. The van der Waals surface area contributed by atoms with E-state index >= 15 is 0 Å². The van der Waals surface area contributed by atoms with E-state index in [0.29, 0.717) is 0 Å². The van der Waals surface area contributed by atoms with Crippen LogP contribution in [0.4, 0.5) is 4.39 Å². The first kappa shape index (κ1) is 16.4. The molecule has 1 aliphatic rings. The van der Waals surface area contributed by atoms with Gasteiger partial charge in [-0.15, -0.1) is 11.3 Å². The highest BCUT2D eigenvalue weighted by molar-refractivity contribution is 7.10. The maximum Gasteiger partial charge on any atom is 0.224 e. The molecule has 1 aromatic heterocycles. The lowest BCUT2D eigenvalue weighted by molar-refractivity contribution is -0.122. The van der Waals surface area contributed by atoms with Crippen molar-refractivity contribution in [2.24, 2.45) is 5.92 Å². The van der Waals surface area contributed by atoms with Crippen LogP contribution < -0.4 is 5.32 Å². The van der Waals surface area contributed by atoms with Crippen LogP contribution in [0.25, 0.3) is 0 Å². The summed E-state index contributed by atoms with van der Waals surface area (Å²) in [6.07, 6.45) is 1.75. The summed E-state index contributed by atoms with van der Waals surface area (Å²) in [7, 11) is 0. The van der Waals surface area contributed by atoms with E-state index in [1.54, 1.807) is 6.07 Å². The summed E-state index contributed by atoms with van der Waals surface area (Å²) in [5, 5.41) is 15.8. The zero-order valence-electron chi connectivity index (χ0n) is 12.4. The Bertz CT molecular complexity index is 682. The fourth-order valence-electron chi connectivity index (χ4n) is 2.68. The van der Waals surface area contributed by atoms with E-state index in [-0.39, 0.29) is 35.4 Å². The summed E-state index contributed by atoms with van der Waals surface area (Å²) in [5.74, 6) is -0.686. The number of nitrogens with one attached hydrogen (secondary N) is 1. The smallest absolute Gasteiger partial charge is 0.224 e. The van der Waals surface area contributed by atoms with Crippen LogP contribution >= 0.6 is 22.9 Å². The highest BCUT2D eigenvalue weighted by Gasteiger charge is 2.45. The molecule has 1 aromatic carbocycles. The van der Waals surface area contributed by atoms with Crippen molar-refractivity contribution < 1.29 is 14.3 Å². The van der Waals surface area contributed by atoms with Crippen molar-refractivity contribution in [1.82, 2.24) is 5.32 Å². The van der Waals surface area contributed by atoms with Crippen molar-refractivity contribution in [2.45, 2.75) is 24.9 Å². The summed E-state index contributed by atoms with van der Waals surface area (Å²) in [6, 6.07) is 8.10. The molecular weight excluding hydrogens is 337 g/mol. The average molecular weight is 354 g/mol. The third-order valence-corrected chi connectivity index (χ3v) is 5.55. The van der Waals surface area contributed by atoms with E-state index in [9.17, 15) is 14.3 Å². The Hall–Kier alpha value is -1.43. The molecule has 122 valence electrons. The van der Waals surface area contributed by atoms with E-state index in [1.165, 1.54) is 23.5 Å². The van der Waals surface area contributed by atoms with Gasteiger partial charge in [-0.2, -0.15) is 0 Å². The van der Waals surface area contributed by atoms with Gasteiger partial charge in [-0.1, -0.05) is 23.7 Å². The Morgan fingerprint density at radius 3 is 2.78 bits per heavy atom. The summed E-state index contributed by atoms with van der Waals surface area (Å²) < 4.78 is 13.7. The number of amides is 1.